The van der Waals surface area contributed by atoms with E-state index >= 15 is 0 Å². The van der Waals surface area contributed by atoms with Gasteiger partial charge in [-0.2, -0.15) is 0 Å². The molecule has 1 heterocycles. The van der Waals surface area contributed by atoms with E-state index in [0.29, 0.717) is 29.5 Å². The van der Waals surface area contributed by atoms with Gasteiger partial charge in [0, 0.05) is 23.8 Å². The molecule has 1 aliphatic heterocycles. The van der Waals surface area contributed by atoms with Crippen molar-refractivity contribution in [3.63, 3.8) is 0 Å². The minimum absolute atomic E-state index is 0.102. The van der Waals surface area contributed by atoms with Crippen LogP contribution in [0.15, 0.2) is 23.8 Å². The molecule has 0 N–H and O–H groups in total. The van der Waals surface area contributed by atoms with Crippen LogP contribution in [-0.4, -0.2) is 17.4 Å². The molecule has 1 spiro atoms. The van der Waals surface area contributed by atoms with Gasteiger partial charge >= 0.3 is 5.97 Å². The number of fused-ring (bicyclic) bond motifs is 9. The first kappa shape index (κ1) is 15.7. The van der Waals surface area contributed by atoms with Gasteiger partial charge in [0.2, 0.25) is 0 Å². The van der Waals surface area contributed by atoms with Crippen molar-refractivity contribution in [1.29, 1.82) is 0 Å². The third-order valence-corrected chi connectivity index (χ3v) is 9.38. The fourth-order valence-corrected chi connectivity index (χ4v) is 8.51. The number of rotatable bonds is 0. The first-order valence-corrected chi connectivity index (χ1v) is 10.6. The maximum atomic E-state index is 12.0. The minimum Gasteiger partial charge on any atom is -0.451 e. The number of hydrogen-bond donors (Lipinski definition) is 0. The summed E-state index contributed by atoms with van der Waals surface area (Å²) in [7, 11) is 0. The Morgan fingerprint density at radius 1 is 1.19 bits per heavy atom. The molecule has 0 aromatic carbocycles. The fourth-order valence-electron chi connectivity index (χ4n) is 8.51. The molecule has 0 amide bonds. The zero-order valence-electron chi connectivity index (χ0n) is 15.7. The fraction of sp³-hybridized carbons (Fsp3) is 0.739. The van der Waals surface area contributed by atoms with E-state index in [9.17, 15) is 9.59 Å². The Labute approximate surface area is 155 Å². The smallest absolute Gasteiger partial charge is 0.331 e. The van der Waals surface area contributed by atoms with Crippen molar-refractivity contribution in [3.8, 4) is 0 Å². The third kappa shape index (κ3) is 1.67. The normalized spacial score (nSPS) is 56.4. The molecule has 26 heavy (non-hydrogen) atoms. The number of hydrogen-bond acceptors (Lipinski definition) is 3. The number of allylic oxidation sites excluding steroid dienone is 1. The zero-order chi connectivity index (χ0) is 17.8. The average molecular weight is 352 g/mol. The van der Waals surface area contributed by atoms with Gasteiger partial charge in [0.25, 0.3) is 0 Å². The summed E-state index contributed by atoms with van der Waals surface area (Å²) in [5.74, 6) is 4.90. The predicted octanol–water partition coefficient (Wildman–Crippen LogP) is 4.08. The lowest BCUT2D eigenvalue weighted by molar-refractivity contribution is -0.169. The van der Waals surface area contributed by atoms with Crippen molar-refractivity contribution in [2.75, 3.05) is 0 Å². The summed E-state index contributed by atoms with van der Waals surface area (Å²) in [5.41, 5.74) is 1.23. The summed E-state index contributed by atoms with van der Waals surface area (Å²) < 4.78 is 6.07. The Morgan fingerprint density at radius 2 is 2.04 bits per heavy atom. The van der Waals surface area contributed by atoms with Gasteiger partial charge in [0.05, 0.1) is 0 Å². The number of esters is 1. The highest BCUT2D eigenvalue weighted by atomic mass is 16.6. The van der Waals surface area contributed by atoms with Crippen LogP contribution in [0.1, 0.15) is 52.4 Å². The van der Waals surface area contributed by atoms with Crippen molar-refractivity contribution in [2.24, 2.45) is 46.8 Å². The Hall–Kier alpha value is -1.38. The van der Waals surface area contributed by atoms with Crippen LogP contribution in [0.4, 0.5) is 0 Å². The number of carbonyl (C=O) groups excluding carboxylic acids is 2. The first-order valence-electron chi connectivity index (χ1n) is 10.6. The van der Waals surface area contributed by atoms with E-state index in [0.717, 1.165) is 43.4 Å². The molecule has 6 aliphatic rings. The summed E-state index contributed by atoms with van der Waals surface area (Å²) in [5, 5.41) is 0. The number of ketones is 1. The molecule has 3 nitrogen and oxygen atoms in total. The molecule has 5 aliphatic carbocycles. The summed E-state index contributed by atoms with van der Waals surface area (Å²) in [6.45, 7) is 4.84. The largest absolute Gasteiger partial charge is 0.451 e. The van der Waals surface area contributed by atoms with Crippen molar-refractivity contribution >= 4 is 11.8 Å². The van der Waals surface area contributed by atoms with Gasteiger partial charge in [0.1, 0.15) is 5.60 Å². The second-order valence-corrected chi connectivity index (χ2v) is 10.3. The molecule has 0 radical (unpaired) electrons. The molecule has 9 atom stereocenters. The number of ether oxygens (including phenoxy) is 1. The van der Waals surface area contributed by atoms with Gasteiger partial charge in [-0.1, -0.05) is 19.4 Å². The highest BCUT2D eigenvalue weighted by Gasteiger charge is 2.78. The summed E-state index contributed by atoms with van der Waals surface area (Å²) in [6, 6.07) is 0. The highest BCUT2D eigenvalue weighted by molar-refractivity contribution is 5.91. The Kier molecular flexibility index (Phi) is 2.84. The molecule has 4 saturated carbocycles. The van der Waals surface area contributed by atoms with Crippen LogP contribution in [0.3, 0.4) is 0 Å². The lowest BCUT2D eigenvalue weighted by atomic mass is 9.47. The first-order chi connectivity index (χ1) is 12.4. The lowest BCUT2D eigenvalue weighted by Crippen LogP contribution is -2.56. The molecule has 138 valence electrons. The van der Waals surface area contributed by atoms with Crippen LogP contribution < -0.4 is 0 Å². The van der Waals surface area contributed by atoms with Gasteiger partial charge < -0.3 is 4.74 Å². The molecule has 3 unspecified atom stereocenters. The molecule has 0 aromatic heterocycles. The third-order valence-electron chi connectivity index (χ3n) is 9.38. The molecule has 0 saturated heterocycles. The molecular weight excluding hydrogens is 324 g/mol. The maximum absolute atomic E-state index is 12.0. The van der Waals surface area contributed by atoms with Gasteiger partial charge in [-0.25, -0.2) is 4.79 Å². The second-order valence-electron chi connectivity index (χ2n) is 10.3. The summed E-state index contributed by atoms with van der Waals surface area (Å²) >= 11 is 0. The molecule has 6 rings (SSSR count). The van der Waals surface area contributed by atoms with Crippen LogP contribution in [-0.2, 0) is 14.3 Å². The zero-order valence-corrected chi connectivity index (χ0v) is 15.7. The van der Waals surface area contributed by atoms with Crippen molar-refractivity contribution in [2.45, 2.75) is 58.0 Å². The molecule has 3 heteroatoms. The van der Waals surface area contributed by atoms with E-state index in [1.807, 2.05) is 6.08 Å². The van der Waals surface area contributed by atoms with Crippen LogP contribution in [0.5, 0.6) is 0 Å². The minimum atomic E-state index is -0.317. The summed E-state index contributed by atoms with van der Waals surface area (Å²) in [4.78, 5) is 23.9. The van der Waals surface area contributed by atoms with Gasteiger partial charge in [-0.3, -0.25) is 4.79 Å². The quantitative estimate of drug-likeness (QED) is 0.617. The Morgan fingerprint density at radius 3 is 2.81 bits per heavy atom. The Balaban J connectivity index is 1.41. The van der Waals surface area contributed by atoms with E-state index in [1.54, 1.807) is 6.08 Å². The molecule has 4 fully saturated rings. The van der Waals surface area contributed by atoms with Crippen LogP contribution in [0, 0.1) is 46.8 Å². The molecular formula is C23H28O3. The lowest BCUT2D eigenvalue weighted by Gasteiger charge is -2.58. The monoisotopic (exact) mass is 352 g/mol. The standard InChI is InChI=1S/C23H28O3/c1-12-9-13-10-14(24)3-4-15(13)16-5-7-22(2)21(20(12)16)17-11-18(17)23(22)8-6-19(25)26-23/h6,8,10,12,15-18,20-21H,3-5,7,9,11H2,1-2H3/t12-,15-,16?,17-,18+,20?,21?,22-,23-/m0/s1. The maximum Gasteiger partial charge on any atom is 0.331 e. The SMILES string of the molecule is C[C@H]1CC2=CC(=O)CC[C@@H]2C2CC[C@@]3(C)C(C21)[C@H]1C[C@H]1[C@@]31C=CC(=O)O1. The average Bonchev–Trinajstić information content (AvgIpc) is 3.24. The van der Waals surface area contributed by atoms with Crippen LogP contribution >= 0.6 is 0 Å². The van der Waals surface area contributed by atoms with Gasteiger partial charge in [-0.15, -0.1) is 0 Å². The second kappa shape index (κ2) is 4.72. The van der Waals surface area contributed by atoms with E-state index in [-0.39, 0.29) is 17.0 Å². The van der Waals surface area contributed by atoms with Crippen molar-refractivity contribution in [3.05, 3.63) is 23.8 Å². The highest BCUT2D eigenvalue weighted by Crippen LogP contribution is 2.78. The van der Waals surface area contributed by atoms with Gasteiger partial charge in [0.15, 0.2) is 5.78 Å². The topological polar surface area (TPSA) is 43.4 Å². The molecule has 0 bridgehead atoms. The van der Waals surface area contributed by atoms with Crippen LogP contribution in [0.25, 0.3) is 0 Å². The Bertz CT molecular complexity index is 778. The van der Waals surface area contributed by atoms with E-state index in [1.165, 1.54) is 18.4 Å². The van der Waals surface area contributed by atoms with Crippen LogP contribution in [0.2, 0.25) is 0 Å². The number of carbonyl (C=O) groups is 2. The van der Waals surface area contributed by atoms with E-state index in [4.69, 9.17) is 4.74 Å². The van der Waals surface area contributed by atoms with Gasteiger partial charge in [-0.05, 0) is 79.8 Å². The van der Waals surface area contributed by atoms with E-state index in [2.05, 4.69) is 19.9 Å². The van der Waals surface area contributed by atoms with Crippen molar-refractivity contribution < 1.29 is 14.3 Å². The predicted molar refractivity (Wildman–Crippen MR) is 97.0 cm³/mol. The summed E-state index contributed by atoms with van der Waals surface area (Å²) in [6.07, 6.45) is 12.3. The molecule has 0 aromatic rings. The van der Waals surface area contributed by atoms with Crippen molar-refractivity contribution in [1.82, 2.24) is 0 Å². The van der Waals surface area contributed by atoms with E-state index < -0.39 is 0 Å².